The molecule has 0 atom stereocenters. The fourth-order valence-corrected chi connectivity index (χ4v) is 3.90. The molecule has 0 aliphatic heterocycles. The summed E-state index contributed by atoms with van der Waals surface area (Å²) >= 11 is 0. The summed E-state index contributed by atoms with van der Waals surface area (Å²) in [6.07, 6.45) is 0. The van der Waals surface area contributed by atoms with Crippen molar-refractivity contribution in [1.29, 1.82) is 0 Å². The molecule has 1 heterocycles. The molecule has 0 saturated heterocycles. The summed E-state index contributed by atoms with van der Waals surface area (Å²) in [5.41, 5.74) is 2.14. The highest BCUT2D eigenvalue weighted by Crippen LogP contribution is 2.39. The van der Waals surface area contributed by atoms with Crippen LogP contribution in [0.5, 0.6) is 11.8 Å². The molecule has 0 amide bonds. The van der Waals surface area contributed by atoms with Crippen LogP contribution >= 0.6 is 0 Å². The second-order valence-corrected chi connectivity index (χ2v) is 7.31. The minimum Gasteiger partial charge on any atom is -0.526 e. The van der Waals surface area contributed by atoms with Gasteiger partial charge in [-0.2, -0.15) is 0 Å². The summed E-state index contributed by atoms with van der Waals surface area (Å²) in [5.74, 6) is 0.650. The van der Waals surface area contributed by atoms with Crippen molar-refractivity contribution in [2.24, 2.45) is 0 Å². The molecule has 159 valence electrons. The number of para-hydroxylation sites is 1. The van der Waals surface area contributed by atoms with Gasteiger partial charge in [-0.3, -0.25) is 0 Å². The van der Waals surface area contributed by atoms with Gasteiger partial charge in [0.1, 0.15) is 5.75 Å². The van der Waals surface area contributed by atoms with Gasteiger partial charge in [0, 0.05) is 0 Å². The molecule has 0 N–H and O–H groups in total. The number of hydrogen-bond acceptors (Lipinski definition) is 5. The van der Waals surface area contributed by atoms with Gasteiger partial charge < -0.3 is 9.31 Å². The van der Waals surface area contributed by atoms with Gasteiger partial charge in [-0.25, -0.2) is 0 Å². The van der Waals surface area contributed by atoms with Gasteiger partial charge in [-0.05, 0) is 34.0 Å². The van der Waals surface area contributed by atoms with Crippen molar-refractivity contribution < 1.29 is 9.31 Å². The van der Waals surface area contributed by atoms with Gasteiger partial charge >= 0.3 is 13.7 Å². The van der Waals surface area contributed by atoms with Crippen LogP contribution in [-0.4, -0.2) is 27.9 Å². The van der Waals surface area contributed by atoms with Gasteiger partial charge in [0.25, 0.3) is 0 Å². The van der Waals surface area contributed by atoms with E-state index in [0.717, 1.165) is 16.7 Å². The van der Waals surface area contributed by atoms with Gasteiger partial charge in [-0.15, -0.1) is 4.80 Å². The normalized spacial score (nSPS) is 11.0. The zero-order chi connectivity index (χ0) is 22.3. The first kappa shape index (κ1) is 20.5. The Morgan fingerprint density at radius 2 is 1.03 bits per heavy atom. The van der Waals surface area contributed by atoms with E-state index in [1.54, 1.807) is 4.80 Å². The summed E-state index contributed by atoms with van der Waals surface area (Å²) in [6, 6.07) is 39.8. The van der Waals surface area contributed by atoms with Crippen LogP contribution in [0.25, 0.3) is 0 Å². The SMILES string of the molecule is [B](Oc1ccccc1)Oc1nnn(C(c2ccccc2)(c2ccccc2)c2ccccc2)n1. The molecule has 5 aromatic rings. The highest BCUT2D eigenvalue weighted by Gasteiger charge is 2.41. The quantitative estimate of drug-likeness (QED) is 0.267. The Morgan fingerprint density at radius 1 is 0.576 bits per heavy atom. The molecule has 0 bridgehead atoms. The van der Waals surface area contributed by atoms with Crippen LogP contribution in [0.4, 0.5) is 0 Å². The average Bonchev–Trinajstić information content (AvgIpc) is 3.36. The molecule has 5 rings (SSSR count). The highest BCUT2D eigenvalue weighted by molar-refractivity contribution is 6.20. The third-order valence-corrected chi connectivity index (χ3v) is 5.35. The van der Waals surface area contributed by atoms with E-state index in [1.807, 2.05) is 84.9 Å². The zero-order valence-corrected chi connectivity index (χ0v) is 17.7. The maximum absolute atomic E-state index is 5.54. The van der Waals surface area contributed by atoms with E-state index in [9.17, 15) is 0 Å². The van der Waals surface area contributed by atoms with Crippen LogP contribution < -0.4 is 9.31 Å². The minimum atomic E-state index is -0.849. The summed E-state index contributed by atoms with van der Waals surface area (Å²) in [5, 5.41) is 13.2. The fourth-order valence-electron chi connectivity index (χ4n) is 3.90. The van der Waals surface area contributed by atoms with Crippen molar-refractivity contribution in [1.82, 2.24) is 20.2 Å². The summed E-state index contributed by atoms with van der Waals surface area (Å²) < 4.78 is 11.0. The molecule has 0 unspecified atom stereocenters. The summed E-state index contributed by atoms with van der Waals surface area (Å²) in [6.45, 7) is 0. The van der Waals surface area contributed by atoms with Gasteiger partial charge in [0.2, 0.25) is 0 Å². The lowest BCUT2D eigenvalue weighted by Gasteiger charge is -2.34. The lowest BCUT2D eigenvalue weighted by atomic mass is 9.77. The third-order valence-electron chi connectivity index (χ3n) is 5.35. The van der Waals surface area contributed by atoms with E-state index in [0.29, 0.717) is 5.75 Å². The molecule has 4 aromatic carbocycles. The monoisotopic (exact) mass is 431 g/mol. The van der Waals surface area contributed by atoms with Crippen LogP contribution in [0, 0.1) is 0 Å². The van der Waals surface area contributed by atoms with Crippen molar-refractivity contribution in [3.8, 4) is 11.8 Å². The average molecular weight is 431 g/mol. The Kier molecular flexibility index (Phi) is 5.84. The second kappa shape index (κ2) is 9.40. The van der Waals surface area contributed by atoms with Gasteiger partial charge in [0.15, 0.2) is 5.54 Å². The van der Waals surface area contributed by atoms with Crippen molar-refractivity contribution in [3.63, 3.8) is 0 Å². The Morgan fingerprint density at radius 3 is 1.52 bits per heavy atom. The first-order valence-corrected chi connectivity index (χ1v) is 10.5. The highest BCUT2D eigenvalue weighted by atomic mass is 16.6. The largest absolute Gasteiger partial charge is 0.660 e. The number of hydrogen-bond donors (Lipinski definition) is 0. The van der Waals surface area contributed by atoms with Crippen LogP contribution in [-0.2, 0) is 5.54 Å². The first-order chi connectivity index (χ1) is 16.4. The second-order valence-electron chi connectivity index (χ2n) is 7.31. The maximum Gasteiger partial charge on any atom is 0.660 e. The molecule has 7 heteroatoms. The summed E-state index contributed by atoms with van der Waals surface area (Å²) in [4.78, 5) is 1.60. The molecule has 33 heavy (non-hydrogen) atoms. The molecule has 0 spiro atoms. The molecule has 0 fully saturated rings. The molecule has 0 saturated carbocycles. The Balaban J connectivity index is 1.57. The number of nitrogens with zero attached hydrogens (tertiary/aromatic N) is 4. The van der Waals surface area contributed by atoms with E-state index in [4.69, 9.17) is 9.31 Å². The third kappa shape index (κ3) is 4.08. The van der Waals surface area contributed by atoms with E-state index in [-0.39, 0.29) is 6.01 Å². The van der Waals surface area contributed by atoms with E-state index in [1.165, 1.54) is 7.69 Å². The van der Waals surface area contributed by atoms with Gasteiger partial charge in [0.05, 0.1) is 0 Å². The topological polar surface area (TPSA) is 62.1 Å². The maximum atomic E-state index is 5.54. The van der Waals surface area contributed by atoms with E-state index >= 15 is 0 Å². The lowest BCUT2D eigenvalue weighted by molar-refractivity contribution is 0.385. The van der Waals surface area contributed by atoms with Crippen LogP contribution in [0.3, 0.4) is 0 Å². The molecular weight excluding hydrogens is 411 g/mol. The fraction of sp³-hybridized carbons (Fsp3) is 0.0385. The molecule has 1 aromatic heterocycles. The predicted molar refractivity (Wildman–Crippen MR) is 126 cm³/mol. The Labute approximate surface area is 192 Å². The van der Waals surface area contributed by atoms with E-state index < -0.39 is 5.54 Å². The minimum absolute atomic E-state index is 0.0816. The Bertz CT molecular complexity index is 1190. The van der Waals surface area contributed by atoms with Crippen LogP contribution in [0.15, 0.2) is 121 Å². The summed E-state index contributed by atoms with van der Waals surface area (Å²) in [7, 11) is 1.20. The number of aromatic nitrogens is 4. The number of tetrazole rings is 1. The smallest absolute Gasteiger partial charge is 0.526 e. The van der Waals surface area contributed by atoms with Crippen molar-refractivity contribution in [3.05, 3.63) is 138 Å². The molecule has 1 radical (unpaired) electrons. The molecular formula is C26H20BN4O2. The Hall–Kier alpha value is -4.39. The predicted octanol–water partition coefficient (Wildman–Crippen LogP) is 4.51. The molecule has 6 nitrogen and oxygen atoms in total. The van der Waals surface area contributed by atoms with Crippen molar-refractivity contribution in [2.45, 2.75) is 5.54 Å². The van der Waals surface area contributed by atoms with Crippen LogP contribution in [0.1, 0.15) is 16.7 Å². The van der Waals surface area contributed by atoms with E-state index in [2.05, 4.69) is 51.8 Å². The van der Waals surface area contributed by atoms with Crippen molar-refractivity contribution in [2.75, 3.05) is 0 Å². The standard InChI is InChI=1S/C26H20BN4O2/c1-5-13-21(14-6-1)26(22-15-7-2-8-16-22,23-17-9-3-10-18-23)31-29-25(28-30-31)33-27-32-24-19-11-4-12-20-24/h1-20H. The van der Waals surface area contributed by atoms with Gasteiger partial charge in [-0.1, -0.05) is 119 Å². The molecule has 0 aliphatic rings. The number of rotatable bonds is 8. The van der Waals surface area contributed by atoms with Crippen LogP contribution in [0.2, 0.25) is 0 Å². The molecule has 0 aliphatic carbocycles. The lowest BCUT2D eigenvalue weighted by Crippen LogP contribution is -2.39. The number of benzene rings is 4. The van der Waals surface area contributed by atoms with Crippen molar-refractivity contribution >= 4 is 7.69 Å². The first-order valence-electron chi connectivity index (χ1n) is 10.5. The zero-order valence-electron chi connectivity index (χ0n) is 17.7.